The van der Waals surface area contributed by atoms with E-state index in [2.05, 4.69) is 5.10 Å². The van der Waals surface area contributed by atoms with Crippen LogP contribution in [0.3, 0.4) is 0 Å². The average Bonchev–Trinajstić information content (AvgIpc) is 2.84. The fraction of sp³-hybridized carbons (Fsp3) is 0.333. The maximum atomic E-state index is 11.9. The van der Waals surface area contributed by atoms with Gasteiger partial charge in [0.2, 0.25) is 0 Å². The molecule has 0 spiro atoms. The molecule has 0 amide bonds. The van der Waals surface area contributed by atoms with Gasteiger partial charge in [0.15, 0.2) is 5.69 Å². The zero-order valence-electron chi connectivity index (χ0n) is 12.1. The molecule has 21 heavy (non-hydrogen) atoms. The molecular weight excluding hydrogens is 311 g/mol. The fourth-order valence-electron chi connectivity index (χ4n) is 1.96. The summed E-state index contributed by atoms with van der Waals surface area (Å²) in [6, 6.07) is 6.89. The summed E-state index contributed by atoms with van der Waals surface area (Å²) in [6.45, 7) is 6.11. The third-order valence-electron chi connectivity index (χ3n) is 2.95. The Morgan fingerprint density at radius 3 is 2.62 bits per heavy atom. The second kappa shape index (κ2) is 6.50. The maximum Gasteiger partial charge on any atom is 0.358 e. The van der Waals surface area contributed by atoms with Crippen LogP contribution in [0, 0.1) is 0 Å². The van der Waals surface area contributed by atoms with Crippen molar-refractivity contribution in [2.75, 3.05) is 6.61 Å². The Morgan fingerprint density at radius 1 is 1.33 bits per heavy atom. The van der Waals surface area contributed by atoms with Crippen LogP contribution in [-0.2, 0) is 4.74 Å². The van der Waals surface area contributed by atoms with E-state index in [9.17, 15) is 4.79 Å². The first kappa shape index (κ1) is 15.9. The van der Waals surface area contributed by atoms with Crippen molar-refractivity contribution in [1.82, 2.24) is 9.78 Å². The number of rotatable bonds is 4. The molecule has 1 aromatic carbocycles. The Labute approximate surface area is 133 Å². The lowest BCUT2D eigenvalue weighted by molar-refractivity contribution is 0.0519. The number of carbonyl (C=O) groups is 1. The first-order valence-corrected chi connectivity index (χ1v) is 7.42. The molecule has 1 heterocycles. The molecule has 0 unspecified atom stereocenters. The van der Waals surface area contributed by atoms with E-state index in [1.807, 2.05) is 13.8 Å². The Kier molecular flexibility index (Phi) is 4.91. The number of hydrogen-bond donors (Lipinski definition) is 0. The normalized spacial score (nSPS) is 11.0. The number of esters is 1. The van der Waals surface area contributed by atoms with Crippen molar-refractivity contribution in [3.63, 3.8) is 0 Å². The Balaban J connectivity index is 2.53. The molecule has 2 aromatic rings. The van der Waals surface area contributed by atoms with E-state index in [0.717, 1.165) is 5.69 Å². The van der Waals surface area contributed by atoms with Gasteiger partial charge in [0, 0.05) is 10.7 Å². The molecule has 4 nitrogen and oxygen atoms in total. The predicted molar refractivity (Wildman–Crippen MR) is 83.6 cm³/mol. The highest BCUT2D eigenvalue weighted by molar-refractivity contribution is 6.35. The van der Waals surface area contributed by atoms with Gasteiger partial charge < -0.3 is 4.74 Å². The van der Waals surface area contributed by atoms with Crippen molar-refractivity contribution in [3.05, 3.63) is 45.7 Å². The molecule has 0 fully saturated rings. The van der Waals surface area contributed by atoms with E-state index in [0.29, 0.717) is 22.3 Å². The molecule has 0 N–H and O–H groups in total. The van der Waals surface area contributed by atoms with E-state index in [1.54, 1.807) is 35.9 Å². The summed E-state index contributed by atoms with van der Waals surface area (Å²) in [7, 11) is 0. The highest BCUT2D eigenvalue weighted by atomic mass is 35.5. The van der Waals surface area contributed by atoms with Gasteiger partial charge in [-0.15, -0.1) is 0 Å². The van der Waals surface area contributed by atoms with Crippen molar-refractivity contribution in [1.29, 1.82) is 0 Å². The standard InChI is InChI=1S/C15H16Cl2N2O2/c1-4-21-15(20)12-8-14(9(2)3)19(18-12)13-6-5-10(16)7-11(13)17/h5-9H,4H2,1-3H3. The molecule has 0 saturated heterocycles. The van der Waals surface area contributed by atoms with Crippen molar-refractivity contribution < 1.29 is 9.53 Å². The van der Waals surface area contributed by atoms with E-state index >= 15 is 0 Å². The molecule has 1 aromatic heterocycles. The van der Waals surface area contributed by atoms with Gasteiger partial charge in [-0.3, -0.25) is 0 Å². The summed E-state index contributed by atoms with van der Waals surface area (Å²) < 4.78 is 6.65. The van der Waals surface area contributed by atoms with Gasteiger partial charge in [-0.25, -0.2) is 9.48 Å². The van der Waals surface area contributed by atoms with Crippen molar-refractivity contribution in [2.45, 2.75) is 26.7 Å². The van der Waals surface area contributed by atoms with Gasteiger partial charge in [-0.05, 0) is 37.1 Å². The molecule has 0 saturated carbocycles. The van der Waals surface area contributed by atoms with E-state index < -0.39 is 5.97 Å². The molecule has 6 heteroatoms. The Hall–Kier alpha value is -1.52. The van der Waals surface area contributed by atoms with Crippen LogP contribution in [0.25, 0.3) is 5.69 Å². The van der Waals surface area contributed by atoms with Gasteiger partial charge in [0.25, 0.3) is 0 Å². The van der Waals surface area contributed by atoms with Gasteiger partial charge in [-0.2, -0.15) is 5.10 Å². The minimum absolute atomic E-state index is 0.174. The molecular formula is C15H16Cl2N2O2. The van der Waals surface area contributed by atoms with Gasteiger partial charge in [0.1, 0.15) is 0 Å². The van der Waals surface area contributed by atoms with Crippen LogP contribution < -0.4 is 0 Å². The lowest BCUT2D eigenvalue weighted by Gasteiger charge is -2.11. The minimum Gasteiger partial charge on any atom is -0.461 e. The first-order chi connectivity index (χ1) is 9.93. The topological polar surface area (TPSA) is 44.1 Å². The predicted octanol–water partition coefficient (Wildman–Crippen LogP) is 4.48. The molecule has 0 aliphatic carbocycles. The average molecular weight is 327 g/mol. The molecule has 0 aliphatic heterocycles. The third kappa shape index (κ3) is 3.39. The molecule has 0 bridgehead atoms. The Morgan fingerprint density at radius 2 is 2.05 bits per heavy atom. The highest BCUT2D eigenvalue weighted by Gasteiger charge is 2.19. The lowest BCUT2D eigenvalue weighted by atomic mass is 10.1. The zero-order chi connectivity index (χ0) is 15.6. The van der Waals surface area contributed by atoms with Crippen LogP contribution in [-0.4, -0.2) is 22.4 Å². The first-order valence-electron chi connectivity index (χ1n) is 6.66. The molecule has 0 radical (unpaired) electrons. The largest absolute Gasteiger partial charge is 0.461 e. The number of ether oxygens (including phenoxy) is 1. The molecule has 0 aliphatic rings. The third-order valence-corrected chi connectivity index (χ3v) is 3.49. The number of hydrogen-bond acceptors (Lipinski definition) is 3. The smallest absolute Gasteiger partial charge is 0.358 e. The van der Waals surface area contributed by atoms with Gasteiger partial charge in [-0.1, -0.05) is 37.0 Å². The number of aromatic nitrogens is 2. The van der Waals surface area contributed by atoms with Crippen molar-refractivity contribution in [2.24, 2.45) is 0 Å². The van der Waals surface area contributed by atoms with E-state index in [1.165, 1.54) is 0 Å². The second-order valence-electron chi connectivity index (χ2n) is 4.84. The fourth-order valence-corrected chi connectivity index (χ4v) is 2.45. The van der Waals surface area contributed by atoms with E-state index in [4.69, 9.17) is 27.9 Å². The van der Waals surface area contributed by atoms with Crippen LogP contribution in [0.4, 0.5) is 0 Å². The molecule has 2 rings (SSSR count). The summed E-state index contributed by atoms with van der Waals surface area (Å²) in [6.07, 6.45) is 0. The minimum atomic E-state index is -0.441. The van der Waals surface area contributed by atoms with Crippen LogP contribution in [0.5, 0.6) is 0 Å². The number of carbonyl (C=O) groups excluding carboxylic acids is 1. The summed E-state index contributed by atoms with van der Waals surface area (Å²) in [5.41, 5.74) is 1.83. The van der Waals surface area contributed by atoms with Crippen LogP contribution >= 0.6 is 23.2 Å². The summed E-state index contributed by atoms with van der Waals surface area (Å²) in [5.74, 6) is -0.268. The van der Waals surface area contributed by atoms with Gasteiger partial charge >= 0.3 is 5.97 Å². The van der Waals surface area contributed by atoms with Crippen molar-refractivity contribution >= 4 is 29.2 Å². The Bertz CT molecular complexity index is 666. The quantitative estimate of drug-likeness (QED) is 0.778. The van der Waals surface area contributed by atoms with Crippen LogP contribution in [0.15, 0.2) is 24.3 Å². The number of halogens is 2. The summed E-state index contributed by atoms with van der Waals surface area (Å²) in [4.78, 5) is 11.9. The monoisotopic (exact) mass is 326 g/mol. The van der Waals surface area contributed by atoms with Gasteiger partial charge in [0.05, 0.1) is 17.3 Å². The lowest BCUT2D eigenvalue weighted by Crippen LogP contribution is -2.07. The SMILES string of the molecule is CCOC(=O)c1cc(C(C)C)n(-c2ccc(Cl)cc2Cl)n1. The highest BCUT2D eigenvalue weighted by Crippen LogP contribution is 2.28. The van der Waals surface area contributed by atoms with E-state index in [-0.39, 0.29) is 11.6 Å². The second-order valence-corrected chi connectivity index (χ2v) is 5.68. The molecule has 0 atom stereocenters. The van der Waals surface area contributed by atoms with Crippen molar-refractivity contribution in [3.8, 4) is 5.69 Å². The van der Waals surface area contributed by atoms with Crippen LogP contribution in [0.2, 0.25) is 10.0 Å². The number of nitrogens with zero attached hydrogens (tertiary/aromatic N) is 2. The zero-order valence-corrected chi connectivity index (χ0v) is 13.6. The molecule has 112 valence electrons. The summed E-state index contributed by atoms with van der Waals surface area (Å²) in [5, 5.41) is 5.35. The van der Waals surface area contributed by atoms with Crippen LogP contribution in [0.1, 0.15) is 42.9 Å². The summed E-state index contributed by atoms with van der Waals surface area (Å²) >= 11 is 12.1. The number of benzene rings is 1. The maximum absolute atomic E-state index is 11.9.